The second kappa shape index (κ2) is 7.14. The molecule has 0 unspecified atom stereocenters. The highest BCUT2D eigenvalue weighted by atomic mass is 35.5. The molecule has 4 heteroatoms. The van der Waals surface area contributed by atoms with Gasteiger partial charge in [-0.2, -0.15) is 0 Å². The van der Waals surface area contributed by atoms with Crippen LogP contribution < -0.4 is 5.19 Å². The van der Waals surface area contributed by atoms with Gasteiger partial charge in [-0.1, -0.05) is 91.6 Å². The first-order valence-corrected chi connectivity index (χ1v) is 16.0. The predicted octanol–water partition coefficient (Wildman–Crippen LogP) is 6.30. The van der Waals surface area contributed by atoms with E-state index in [0.29, 0.717) is 0 Å². The third-order valence-electron chi connectivity index (χ3n) is 4.71. The average molecular weight is 396 g/mol. The van der Waals surface area contributed by atoms with E-state index in [1.54, 1.807) is 0 Å². The minimum atomic E-state index is -1.95. The van der Waals surface area contributed by atoms with Gasteiger partial charge >= 0.3 is 0 Å². The summed E-state index contributed by atoms with van der Waals surface area (Å²) in [6.45, 7) is 12.1. The summed E-state index contributed by atoms with van der Waals surface area (Å²) >= 11 is 6.15. The molecular formula is C22H26ClNSi2. The van der Waals surface area contributed by atoms with Gasteiger partial charge in [0.05, 0.1) is 13.6 Å². The van der Waals surface area contributed by atoms with Crippen molar-refractivity contribution in [1.29, 1.82) is 0 Å². The fourth-order valence-corrected chi connectivity index (χ4v) is 9.83. The van der Waals surface area contributed by atoms with Crippen molar-refractivity contribution in [2.75, 3.05) is 0 Å². The van der Waals surface area contributed by atoms with E-state index < -0.39 is 16.1 Å². The van der Waals surface area contributed by atoms with Gasteiger partial charge in [0.1, 0.15) is 8.07 Å². The van der Waals surface area contributed by atoms with Crippen molar-refractivity contribution in [2.45, 2.75) is 32.7 Å². The van der Waals surface area contributed by atoms with Gasteiger partial charge < -0.3 is 0 Å². The molecule has 26 heavy (non-hydrogen) atoms. The van der Waals surface area contributed by atoms with Gasteiger partial charge in [-0.05, 0) is 28.9 Å². The van der Waals surface area contributed by atoms with E-state index in [9.17, 15) is 0 Å². The summed E-state index contributed by atoms with van der Waals surface area (Å²) in [5.74, 6) is 0. The SMILES string of the molecule is C[Si](C)(C)/C=C(\c1ccc(Cl)cc1)[Si](C)(C)c1cccc2cccnc12. The maximum Gasteiger partial charge on any atom is 0.114 e. The first-order valence-electron chi connectivity index (χ1n) is 9.02. The number of hydrogen-bond acceptors (Lipinski definition) is 1. The highest BCUT2D eigenvalue weighted by Gasteiger charge is 2.32. The molecule has 0 fully saturated rings. The number of rotatable bonds is 4. The van der Waals surface area contributed by atoms with E-state index in [2.05, 4.69) is 74.8 Å². The number of benzene rings is 2. The Kier molecular flexibility index (Phi) is 5.24. The molecule has 0 aliphatic heterocycles. The number of nitrogens with zero attached hydrogens (tertiary/aromatic N) is 1. The van der Waals surface area contributed by atoms with Gasteiger partial charge in [0, 0.05) is 16.6 Å². The highest BCUT2D eigenvalue weighted by molar-refractivity contribution is 7.07. The van der Waals surface area contributed by atoms with Gasteiger partial charge in [-0.15, -0.1) is 0 Å². The monoisotopic (exact) mass is 395 g/mol. The summed E-state index contributed by atoms with van der Waals surface area (Å²) < 4.78 is 0. The Morgan fingerprint density at radius 3 is 2.19 bits per heavy atom. The lowest BCUT2D eigenvalue weighted by Crippen LogP contribution is -2.44. The van der Waals surface area contributed by atoms with Crippen molar-refractivity contribution >= 4 is 49.0 Å². The van der Waals surface area contributed by atoms with Crippen LogP contribution in [0, 0.1) is 0 Å². The molecule has 0 bridgehead atoms. The predicted molar refractivity (Wildman–Crippen MR) is 122 cm³/mol. The minimum absolute atomic E-state index is 0.785. The second-order valence-electron chi connectivity index (χ2n) is 8.44. The fraction of sp³-hybridized carbons (Fsp3) is 0.227. The molecule has 134 valence electrons. The van der Waals surface area contributed by atoms with E-state index in [-0.39, 0.29) is 0 Å². The molecule has 0 saturated carbocycles. The van der Waals surface area contributed by atoms with E-state index in [1.165, 1.54) is 21.3 Å². The molecule has 1 aromatic heterocycles. The number of fused-ring (bicyclic) bond motifs is 1. The molecule has 1 nitrogen and oxygen atoms in total. The van der Waals surface area contributed by atoms with Crippen molar-refractivity contribution in [1.82, 2.24) is 4.98 Å². The number of hydrogen-bond donors (Lipinski definition) is 0. The molecule has 0 atom stereocenters. The van der Waals surface area contributed by atoms with E-state index >= 15 is 0 Å². The zero-order chi connectivity index (χ0) is 18.9. The lowest BCUT2D eigenvalue weighted by atomic mass is 10.2. The third kappa shape index (κ3) is 4.00. The zero-order valence-electron chi connectivity index (χ0n) is 16.2. The standard InChI is InChI=1S/C22H26ClNSi2/c1-25(2,3)16-21(17-11-13-19(23)14-12-17)26(4,5)20-10-6-8-18-9-7-15-24-22(18)20/h6-16H,1-5H3/b21-16+. The summed E-state index contributed by atoms with van der Waals surface area (Å²) in [5, 5.41) is 4.89. The lowest BCUT2D eigenvalue weighted by molar-refractivity contribution is 1.42. The van der Waals surface area contributed by atoms with Crippen LogP contribution in [-0.2, 0) is 0 Å². The molecule has 0 N–H and O–H groups in total. The molecule has 0 spiro atoms. The maximum atomic E-state index is 6.15. The Morgan fingerprint density at radius 2 is 1.54 bits per heavy atom. The number of para-hydroxylation sites is 1. The van der Waals surface area contributed by atoms with E-state index in [1.807, 2.05) is 24.4 Å². The largest absolute Gasteiger partial charge is 0.256 e. The Balaban J connectivity index is 2.25. The molecule has 0 amide bonds. The summed E-state index contributed by atoms with van der Waals surface area (Å²) in [7, 11) is -3.36. The van der Waals surface area contributed by atoms with Crippen LogP contribution in [0.1, 0.15) is 5.56 Å². The van der Waals surface area contributed by atoms with Crippen molar-refractivity contribution in [3.63, 3.8) is 0 Å². The van der Waals surface area contributed by atoms with Gasteiger partial charge in [0.15, 0.2) is 0 Å². The maximum absolute atomic E-state index is 6.15. The van der Waals surface area contributed by atoms with Crippen LogP contribution >= 0.6 is 11.6 Å². The van der Waals surface area contributed by atoms with E-state index in [4.69, 9.17) is 16.6 Å². The Labute approximate surface area is 163 Å². The molecule has 3 rings (SSSR count). The van der Waals surface area contributed by atoms with Gasteiger partial charge in [0.25, 0.3) is 0 Å². The zero-order valence-corrected chi connectivity index (χ0v) is 18.9. The van der Waals surface area contributed by atoms with Crippen LogP contribution in [0.2, 0.25) is 37.8 Å². The molecule has 3 aromatic rings. The Hall–Kier alpha value is -1.69. The lowest BCUT2D eigenvalue weighted by Gasteiger charge is -2.30. The van der Waals surface area contributed by atoms with Crippen LogP contribution in [0.25, 0.3) is 16.1 Å². The van der Waals surface area contributed by atoms with Crippen LogP contribution in [0.15, 0.2) is 66.5 Å². The average Bonchev–Trinajstić information content (AvgIpc) is 2.59. The van der Waals surface area contributed by atoms with Crippen LogP contribution in [0.4, 0.5) is 0 Å². The number of halogens is 1. The van der Waals surface area contributed by atoms with Gasteiger partial charge in [-0.25, -0.2) is 0 Å². The van der Waals surface area contributed by atoms with Crippen molar-refractivity contribution < 1.29 is 0 Å². The van der Waals surface area contributed by atoms with Crippen molar-refractivity contribution in [3.8, 4) is 0 Å². The second-order valence-corrected chi connectivity index (χ2v) is 18.2. The molecule has 0 aliphatic carbocycles. The summed E-state index contributed by atoms with van der Waals surface area (Å²) in [4.78, 5) is 4.73. The first-order chi connectivity index (χ1) is 12.2. The van der Waals surface area contributed by atoms with Crippen molar-refractivity contribution in [3.05, 3.63) is 77.1 Å². The quantitative estimate of drug-likeness (QED) is 0.472. The van der Waals surface area contributed by atoms with Gasteiger partial charge in [0.2, 0.25) is 0 Å². The smallest absolute Gasteiger partial charge is 0.114 e. The van der Waals surface area contributed by atoms with Crippen LogP contribution in [0.3, 0.4) is 0 Å². The molecular weight excluding hydrogens is 370 g/mol. The molecule has 1 heterocycles. The van der Waals surface area contributed by atoms with Crippen LogP contribution in [0.5, 0.6) is 0 Å². The number of pyridine rings is 1. The Morgan fingerprint density at radius 1 is 0.885 bits per heavy atom. The number of aromatic nitrogens is 1. The summed E-state index contributed by atoms with van der Waals surface area (Å²) in [6, 6.07) is 19.1. The first kappa shape index (κ1) is 19.1. The normalized spacial score (nSPS) is 13.2. The Bertz CT molecular complexity index is 949. The topological polar surface area (TPSA) is 12.9 Å². The third-order valence-corrected chi connectivity index (χ3v) is 9.94. The fourth-order valence-electron chi connectivity index (χ4n) is 3.44. The highest BCUT2D eigenvalue weighted by Crippen LogP contribution is 2.30. The molecule has 0 aliphatic rings. The molecule has 2 aromatic carbocycles. The molecule has 0 saturated heterocycles. The minimum Gasteiger partial charge on any atom is -0.256 e. The van der Waals surface area contributed by atoms with Gasteiger partial charge in [-0.3, -0.25) is 4.98 Å². The molecule has 0 radical (unpaired) electrons. The van der Waals surface area contributed by atoms with E-state index in [0.717, 1.165) is 10.5 Å². The summed E-state index contributed by atoms with van der Waals surface area (Å²) in [5.41, 5.74) is 5.01. The summed E-state index contributed by atoms with van der Waals surface area (Å²) in [6.07, 6.45) is 1.90. The van der Waals surface area contributed by atoms with Crippen LogP contribution in [-0.4, -0.2) is 21.1 Å². The van der Waals surface area contributed by atoms with Crippen molar-refractivity contribution in [2.24, 2.45) is 0 Å².